The lowest BCUT2D eigenvalue weighted by molar-refractivity contribution is 0.0214. The van der Waals surface area contributed by atoms with E-state index < -0.39 is 0 Å². The average molecular weight is 212 g/mol. The molecule has 0 bridgehead atoms. The van der Waals surface area contributed by atoms with E-state index in [2.05, 4.69) is 10.2 Å². The van der Waals surface area contributed by atoms with Crippen LogP contribution in [0.5, 0.6) is 0 Å². The number of likely N-dealkylation sites (tertiary alicyclic amines) is 1. The van der Waals surface area contributed by atoms with Gasteiger partial charge in [0.1, 0.15) is 0 Å². The molecule has 2 saturated heterocycles. The third-order valence-corrected chi connectivity index (χ3v) is 3.46. The molecule has 2 aliphatic heterocycles. The molecule has 0 radical (unpaired) electrons. The highest BCUT2D eigenvalue weighted by molar-refractivity contribution is 4.69. The van der Waals surface area contributed by atoms with E-state index in [-0.39, 0.29) is 0 Å². The second kappa shape index (κ2) is 6.46. The molecule has 15 heavy (non-hydrogen) atoms. The van der Waals surface area contributed by atoms with Crippen LogP contribution in [0.25, 0.3) is 0 Å². The largest absolute Gasteiger partial charge is 0.376 e. The zero-order valence-electron chi connectivity index (χ0n) is 9.71. The lowest BCUT2D eigenvalue weighted by Crippen LogP contribution is -2.38. The Labute approximate surface area is 93.2 Å². The van der Waals surface area contributed by atoms with Crippen molar-refractivity contribution in [3.8, 4) is 0 Å². The van der Waals surface area contributed by atoms with Crippen LogP contribution in [-0.4, -0.2) is 50.3 Å². The van der Waals surface area contributed by atoms with Crippen molar-refractivity contribution in [1.82, 2.24) is 10.2 Å². The predicted molar refractivity (Wildman–Crippen MR) is 62.1 cm³/mol. The first-order valence-corrected chi connectivity index (χ1v) is 6.50. The Balaban J connectivity index is 1.53. The van der Waals surface area contributed by atoms with E-state index in [4.69, 9.17) is 4.74 Å². The van der Waals surface area contributed by atoms with Gasteiger partial charge < -0.3 is 15.0 Å². The molecule has 0 aromatic heterocycles. The van der Waals surface area contributed by atoms with Crippen molar-refractivity contribution in [1.29, 1.82) is 0 Å². The molecule has 1 atom stereocenters. The molecule has 3 heteroatoms. The highest BCUT2D eigenvalue weighted by Gasteiger charge is 2.14. The molecule has 0 aromatic carbocycles. The highest BCUT2D eigenvalue weighted by Crippen LogP contribution is 2.09. The number of ether oxygens (including phenoxy) is 1. The molecule has 3 nitrogen and oxygen atoms in total. The fourth-order valence-corrected chi connectivity index (χ4v) is 2.49. The molecule has 2 aliphatic rings. The predicted octanol–water partition coefficient (Wildman–Crippen LogP) is 1.24. The first kappa shape index (κ1) is 11.4. The van der Waals surface area contributed by atoms with Gasteiger partial charge in [-0.3, -0.25) is 0 Å². The molecule has 0 unspecified atom stereocenters. The Morgan fingerprint density at radius 1 is 1.13 bits per heavy atom. The smallest absolute Gasteiger partial charge is 0.0700 e. The summed E-state index contributed by atoms with van der Waals surface area (Å²) in [6.45, 7) is 6.85. The quantitative estimate of drug-likeness (QED) is 0.759. The van der Waals surface area contributed by atoms with E-state index in [1.165, 1.54) is 51.7 Å². The minimum atomic E-state index is 0.476. The van der Waals surface area contributed by atoms with Gasteiger partial charge in [0.25, 0.3) is 0 Å². The van der Waals surface area contributed by atoms with Gasteiger partial charge in [-0.2, -0.15) is 0 Å². The maximum absolute atomic E-state index is 5.88. The van der Waals surface area contributed by atoms with Crippen LogP contribution in [-0.2, 0) is 4.74 Å². The lowest BCUT2D eigenvalue weighted by Gasteiger charge is -2.28. The van der Waals surface area contributed by atoms with E-state index in [1.54, 1.807) is 0 Å². The van der Waals surface area contributed by atoms with Crippen molar-refractivity contribution in [3.63, 3.8) is 0 Å². The monoisotopic (exact) mass is 212 g/mol. The average Bonchev–Trinajstić information content (AvgIpc) is 2.32. The van der Waals surface area contributed by atoms with Crippen LogP contribution in [0.1, 0.15) is 32.1 Å². The maximum Gasteiger partial charge on any atom is 0.0700 e. The normalized spacial score (nSPS) is 29.2. The highest BCUT2D eigenvalue weighted by atomic mass is 16.5. The molecule has 2 fully saturated rings. The van der Waals surface area contributed by atoms with Crippen LogP contribution in [0, 0.1) is 0 Å². The number of rotatable bonds is 4. The van der Waals surface area contributed by atoms with Crippen molar-refractivity contribution in [2.45, 2.75) is 38.2 Å². The number of hydrogen-bond acceptors (Lipinski definition) is 3. The van der Waals surface area contributed by atoms with Crippen LogP contribution in [0.3, 0.4) is 0 Å². The lowest BCUT2D eigenvalue weighted by atomic mass is 10.1. The summed E-state index contributed by atoms with van der Waals surface area (Å²) in [5, 5.41) is 3.38. The summed E-state index contributed by atoms with van der Waals surface area (Å²) in [6.07, 6.45) is 7.17. The number of nitrogens with zero attached hydrogens (tertiary/aromatic N) is 1. The molecule has 88 valence electrons. The van der Waals surface area contributed by atoms with E-state index >= 15 is 0 Å². The van der Waals surface area contributed by atoms with Gasteiger partial charge in [-0.05, 0) is 45.3 Å². The first-order valence-electron chi connectivity index (χ1n) is 6.50. The summed E-state index contributed by atoms with van der Waals surface area (Å²) in [4.78, 5) is 2.54. The summed E-state index contributed by atoms with van der Waals surface area (Å²) in [5.41, 5.74) is 0. The summed E-state index contributed by atoms with van der Waals surface area (Å²) in [7, 11) is 0. The topological polar surface area (TPSA) is 24.5 Å². The Bertz CT molecular complexity index is 145. The van der Waals surface area contributed by atoms with Gasteiger partial charge >= 0.3 is 0 Å². The Morgan fingerprint density at radius 3 is 2.73 bits per heavy atom. The van der Waals surface area contributed by atoms with Gasteiger partial charge in [0.2, 0.25) is 0 Å². The van der Waals surface area contributed by atoms with Gasteiger partial charge in [-0.25, -0.2) is 0 Å². The molecule has 0 saturated carbocycles. The first-order chi connectivity index (χ1) is 7.45. The minimum Gasteiger partial charge on any atom is -0.376 e. The second-order valence-corrected chi connectivity index (χ2v) is 4.74. The second-order valence-electron chi connectivity index (χ2n) is 4.74. The standard InChI is InChI=1S/C12H24N2O/c1-2-7-14(8-3-1)9-10-15-12-5-4-6-13-11-12/h12-13H,1-11H2/t12-/m0/s1. The molecule has 0 amide bonds. The molecule has 1 N–H and O–H groups in total. The van der Waals surface area contributed by atoms with Crippen LogP contribution in [0.15, 0.2) is 0 Å². The van der Waals surface area contributed by atoms with Gasteiger partial charge in [0, 0.05) is 13.1 Å². The van der Waals surface area contributed by atoms with E-state index in [9.17, 15) is 0 Å². The third kappa shape index (κ3) is 4.09. The van der Waals surface area contributed by atoms with Crippen LogP contribution < -0.4 is 5.32 Å². The van der Waals surface area contributed by atoms with Crippen LogP contribution >= 0.6 is 0 Å². The third-order valence-electron chi connectivity index (χ3n) is 3.46. The summed E-state index contributed by atoms with van der Waals surface area (Å²) in [5.74, 6) is 0. The van der Waals surface area contributed by atoms with Crippen LogP contribution in [0.2, 0.25) is 0 Å². The fourth-order valence-electron chi connectivity index (χ4n) is 2.49. The summed E-state index contributed by atoms with van der Waals surface area (Å²) >= 11 is 0. The molecule has 0 aromatic rings. The van der Waals surface area contributed by atoms with Gasteiger partial charge in [0.05, 0.1) is 12.7 Å². The van der Waals surface area contributed by atoms with Crippen molar-refractivity contribution in [3.05, 3.63) is 0 Å². The van der Waals surface area contributed by atoms with E-state index in [1.807, 2.05) is 0 Å². The van der Waals surface area contributed by atoms with Crippen molar-refractivity contribution >= 4 is 0 Å². The van der Waals surface area contributed by atoms with Crippen LogP contribution in [0.4, 0.5) is 0 Å². The zero-order chi connectivity index (χ0) is 10.3. The molecule has 0 aliphatic carbocycles. The molecular weight excluding hydrogens is 188 g/mol. The van der Waals surface area contributed by atoms with E-state index in [0.717, 1.165) is 19.7 Å². The van der Waals surface area contributed by atoms with Crippen molar-refractivity contribution in [2.75, 3.05) is 39.3 Å². The Morgan fingerprint density at radius 2 is 2.00 bits per heavy atom. The zero-order valence-corrected chi connectivity index (χ0v) is 9.71. The van der Waals surface area contributed by atoms with Crippen molar-refractivity contribution < 1.29 is 4.74 Å². The summed E-state index contributed by atoms with van der Waals surface area (Å²) < 4.78 is 5.88. The Kier molecular flexibility index (Phi) is 4.90. The van der Waals surface area contributed by atoms with Gasteiger partial charge in [-0.15, -0.1) is 0 Å². The maximum atomic E-state index is 5.88. The molecule has 2 heterocycles. The molecule has 0 spiro atoms. The van der Waals surface area contributed by atoms with Gasteiger partial charge in [-0.1, -0.05) is 6.42 Å². The van der Waals surface area contributed by atoms with Gasteiger partial charge in [0.15, 0.2) is 0 Å². The molecular formula is C12H24N2O. The fraction of sp³-hybridized carbons (Fsp3) is 1.00. The van der Waals surface area contributed by atoms with Crippen molar-refractivity contribution in [2.24, 2.45) is 0 Å². The molecule has 2 rings (SSSR count). The number of nitrogens with one attached hydrogen (secondary N) is 1. The number of hydrogen-bond donors (Lipinski definition) is 1. The minimum absolute atomic E-state index is 0.476. The summed E-state index contributed by atoms with van der Waals surface area (Å²) in [6, 6.07) is 0. The SMILES string of the molecule is C1CCN(CCO[C@H]2CCCNC2)CC1. The van der Waals surface area contributed by atoms with E-state index in [0.29, 0.717) is 6.10 Å². The number of piperidine rings is 2. The Hall–Kier alpha value is -0.120.